The van der Waals surface area contributed by atoms with Gasteiger partial charge in [0.2, 0.25) is 10.0 Å². The average molecular weight is 326 g/mol. The fourth-order valence-electron chi connectivity index (χ4n) is 1.36. The van der Waals surface area contributed by atoms with Crippen molar-refractivity contribution in [2.24, 2.45) is 0 Å². The molecule has 0 saturated heterocycles. The number of alkyl halides is 1. The lowest BCUT2D eigenvalue weighted by atomic mass is 10.2. The Hall–Kier alpha value is -0.630. The van der Waals surface area contributed by atoms with Crippen LogP contribution in [0.15, 0.2) is 29.2 Å². The van der Waals surface area contributed by atoms with Crippen LogP contribution < -0.4 is 4.72 Å². The van der Waals surface area contributed by atoms with E-state index in [1.165, 1.54) is 12.1 Å². The number of nitrogens with one attached hydrogen (secondary N) is 1. The Labute approximate surface area is 118 Å². The lowest BCUT2D eigenvalue weighted by Gasteiger charge is -2.06. The fraction of sp³-hybridized carbons (Fsp3) is 0.455. The summed E-state index contributed by atoms with van der Waals surface area (Å²) < 4.78 is 48.0. The topological polar surface area (TPSA) is 80.3 Å². The maximum atomic E-state index is 11.5. The Kier molecular flexibility index (Phi) is 5.79. The zero-order chi connectivity index (χ0) is 14.5. The van der Waals surface area contributed by atoms with Gasteiger partial charge in [-0.25, -0.2) is 21.6 Å². The second-order valence-corrected chi connectivity index (χ2v) is 8.42. The average Bonchev–Trinajstić information content (AvgIpc) is 2.34. The van der Waals surface area contributed by atoms with Gasteiger partial charge in [0, 0.05) is 18.7 Å². The van der Waals surface area contributed by atoms with Crippen LogP contribution in [-0.2, 0) is 26.4 Å². The monoisotopic (exact) mass is 325 g/mol. The van der Waals surface area contributed by atoms with E-state index in [2.05, 4.69) is 4.72 Å². The van der Waals surface area contributed by atoms with E-state index < -0.39 is 19.9 Å². The highest BCUT2D eigenvalue weighted by atomic mass is 35.5. The largest absolute Gasteiger partial charge is 0.224 e. The minimum Gasteiger partial charge on any atom is -0.224 e. The Morgan fingerprint density at radius 2 is 1.68 bits per heavy atom. The highest BCUT2D eigenvalue weighted by molar-refractivity contribution is 7.90. The van der Waals surface area contributed by atoms with Crippen LogP contribution >= 0.6 is 11.6 Å². The summed E-state index contributed by atoms with van der Waals surface area (Å²) in [5, 5.41) is 0. The molecule has 19 heavy (non-hydrogen) atoms. The van der Waals surface area contributed by atoms with E-state index in [9.17, 15) is 16.8 Å². The van der Waals surface area contributed by atoms with Crippen molar-refractivity contribution in [2.45, 2.75) is 17.9 Å². The first-order valence-electron chi connectivity index (χ1n) is 5.57. The summed E-state index contributed by atoms with van der Waals surface area (Å²) in [7, 11) is -6.56. The van der Waals surface area contributed by atoms with Gasteiger partial charge < -0.3 is 0 Å². The van der Waals surface area contributed by atoms with Gasteiger partial charge in [-0.15, -0.1) is 11.6 Å². The summed E-state index contributed by atoms with van der Waals surface area (Å²) in [6.07, 6.45) is 1.51. The maximum Gasteiger partial charge on any atom is 0.211 e. The van der Waals surface area contributed by atoms with Gasteiger partial charge in [-0.3, -0.25) is 0 Å². The molecule has 0 atom stereocenters. The summed E-state index contributed by atoms with van der Waals surface area (Å²) in [5.41, 5.74) is 0.696. The highest BCUT2D eigenvalue weighted by Crippen LogP contribution is 2.10. The summed E-state index contributed by atoms with van der Waals surface area (Å²) in [5.74, 6) is 0.280. The van der Waals surface area contributed by atoms with E-state index in [4.69, 9.17) is 11.6 Å². The lowest BCUT2D eigenvalue weighted by molar-refractivity contribution is 0.579. The second-order valence-electron chi connectivity index (χ2n) is 4.10. The molecule has 1 aromatic rings. The van der Waals surface area contributed by atoms with Crippen LogP contribution in [0.5, 0.6) is 0 Å². The zero-order valence-electron chi connectivity index (χ0n) is 10.5. The molecule has 0 heterocycles. The Morgan fingerprint density at radius 1 is 1.11 bits per heavy atom. The third kappa shape index (κ3) is 5.90. The molecule has 0 radical (unpaired) electrons. The van der Waals surface area contributed by atoms with Crippen molar-refractivity contribution in [2.75, 3.05) is 17.9 Å². The van der Waals surface area contributed by atoms with E-state index in [1.807, 2.05) is 0 Å². The summed E-state index contributed by atoms with van der Waals surface area (Å²) in [4.78, 5) is 0.209. The maximum absolute atomic E-state index is 11.5. The predicted molar refractivity (Wildman–Crippen MR) is 75.5 cm³/mol. The molecule has 0 aliphatic heterocycles. The standard InChI is InChI=1S/C11H16ClNO4S2/c1-18(14,15)11-5-3-10(4-6-11)9-13-19(16,17)8-2-7-12/h3-6,13H,2,7-9H2,1H3. The van der Waals surface area contributed by atoms with Gasteiger partial charge in [-0.05, 0) is 24.1 Å². The minimum atomic E-state index is -3.33. The molecule has 0 spiro atoms. The molecular weight excluding hydrogens is 310 g/mol. The van der Waals surface area contributed by atoms with Gasteiger partial charge in [0.1, 0.15) is 0 Å². The lowest BCUT2D eigenvalue weighted by Crippen LogP contribution is -2.26. The van der Waals surface area contributed by atoms with Crippen LogP contribution in [0.3, 0.4) is 0 Å². The molecule has 1 aromatic carbocycles. The Bertz CT molecular complexity index is 609. The number of halogens is 1. The molecule has 108 valence electrons. The van der Waals surface area contributed by atoms with Crippen LogP contribution in [0.4, 0.5) is 0 Å². The molecule has 0 unspecified atom stereocenters. The number of benzene rings is 1. The van der Waals surface area contributed by atoms with Crippen LogP contribution in [0.1, 0.15) is 12.0 Å². The first-order chi connectivity index (χ1) is 8.74. The number of hydrogen-bond donors (Lipinski definition) is 1. The fourth-order valence-corrected chi connectivity index (χ4v) is 3.34. The molecule has 1 rings (SSSR count). The van der Waals surface area contributed by atoms with Crippen molar-refractivity contribution in [1.29, 1.82) is 0 Å². The molecular formula is C11H16ClNO4S2. The highest BCUT2D eigenvalue weighted by Gasteiger charge is 2.10. The molecule has 0 aliphatic rings. The van der Waals surface area contributed by atoms with Gasteiger partial charge >= 0.3 is 0 Å². The predicted octanol–water partition coefficient (Wildman–Crippen LogP) is 1.14. The van der Waals surface area contributed by atoms with Gasteiger partial charge in [-0.1, -0.05) is 12.1 Å². The van der Waals surface area contributed by atoms with E-state index in [0.717, 1.165) is 6.26 Å². The summed E-state index contributed by atoms with van der Waals surface area (Å²) in [6, 6.07) is 6.08. The molecule has 0 saturated carbocycles. The van der Waals surface area contributed by atoms with Gasteiger partial charge in [0.15, 0.2) is 9.84 Å². The zero-order valence-corrected chi connectivity index (χ0v) is 12.9. The molecule has 0 aromatic heterocycles. The first kappa shape index (κ1) is 16.4. The second kappa shape index (κ2) is 6.69. The third-order valence-corrected chi connectivity index (χ3v) is 5.20. The summed E-state index contributed by atoms with van der Waals surface area (Å²) >= 11 is 5.44. The normalized spacial score (nSPS) is 12.5. The molecule has 0 bridgehead atoms. The van der Waals surface area contributed by atoms with Crippen molar-refractivity contribution >= 4 is 31.5 Å². The first-order valence-corrected chi connectivity index (χ1v) is 9.65. The SMILES string of the molecule is CS(=O)(=O)c1ccc(CNS(=O)(=O)CCCCl)cc1. The Morgan fingerprint density at radius 3 is 2.16 bits per heavy atom. The molecule has 0 amide bonds. The van der Waals surface area contributed by atoms with Gasteiger partial charge in [0.05, 0.1) is 10.6 Å². The van der Waals surface area contributed by atoms with E-state index in [1.54, 1.807) is 12.1 Å². The Balaban J connectivity index is 2.65. The van der Waals surface area contributed by atoms with Crippen molar-refractivity contribution in [1.82, 2.24) is 4.72 Å². The number of sulfone groups is 1. The van der Waals surface area contributed by atoms with Crippen LogP contribution in [-0.4, -0.2) is 34.7 Å². The molecule has 8 heteroatoms. The van der Waals surface area contributed by atoms with Crippen LogP contribution in [0.25, 0.3) is 0 Å². The van der Waals surface area contributed by atoms with Crippen LogP contribution in [0.2, 0.25) is 0 Å². The third-order valence-electron chi connectivity index (χ3n) is 2.39. The number of rotatable bonds is 7. The van der Waals surface area contributed by atoms with Gasteiger partial charge in [0.25, 0.3) is 0 Å². The number of hydrogen-bond acceptors (Lipinski definition) is 4. The molecule has 0 aliphatic carbocycles. The van der Waals surface area contributed by atoms with E-state index in [-0.39, 0.29) is 17.2 Å². The van der Waals surface area contributed by atoms with Gasteiger partial charge in [-0.2, -0.15) is 0 Å². The quantitative estimate of drug-likeness (QED) is 0.762. The van der Waals surface area contributed by atoms with Crippen molar-refractivity contribution in [3.8, 4) is 0 Å². The molecule has 1 N–H and O–H groups in total. The number of sulfonamides is 1. The van der Waals surface area contributed by atoms with E-state index in [0.29, 0.717) is 17.9 Å². The molecule has 0 fully saturated rings. The van der Waals surface area contributed by atoms with E-state index >= 15 is 0 Å². The molecule has 5 nitrogen and oxygen atoms in total. The smallest absolute Gasteiger partial charge is 0.211 e. The van der Waals surface area contributed by atoms with Crippen molar-refractivity contribution in [3.63, 3.8) is 0 Å². The minimum absolute atomic E-state index is 0.0159. The van der Waals surface area contributed by atoms with Crippen LogP contribution in [0, 0.1) is 0 Å². The summed E-state index contributed by atoms with van der Waals surface area (Å²) in [6.45, 7) is 0.134. The van der Waals surface area contributed by atoms with Crippen molar-refractivity contribution in [3.05, 3.63) is 29.8 Å². The van der Waals surface area contributed by atoms with Crippen molar-refractivity contribution < 1.29 is 16.8 Å².